The summed E-state index contributed by atoms with van der Waals surface area (Å²) in [5.41, 5.74) is 6.11. The van der Waals surface area contributed by atoms with Crippen molar-refractivity contribution in [2.75, 3.05) is 18.5 Å². The van der Waals surface area contributed by atoms with Crippen LogP contribution < -0.4 is 5.73 Å². The van der Waals surface area contributed by atoms with Crippen molar-refractivity contribution >= 4 is 34.0 Å². The molecule has 0 radical (unpaired) electrons. The highest BCUT2D eigenvalue weighted by Gasteiger charge is 2.30. The molecule has 0 spiro atoms. The topological polar surface area (TPSA) is 63.4 Å². The molecule has 0 aromatic heterocycles. The molecule has 2 N–H and O–H groups in total. The van der Waals surface area contributed by atoms with E-state index in [0.717, 1.165) is 12.8 Å². The first-order valence-corrected chi connectivity index (χ1v) is 7.38. The van der Waals surface area contributed by atoms with E-state index in [1.807, 2.05) is 0 Å². The Kier molecular flexibility index (Phi) is 3.92. The highest BCUT2D eigenvalue weighted by Crippen LogP contribution is 2.28. The maximum atomic E-state index is 12.1. The molecule has 18 heavy (non-hydrogen) atoms. The molecule has 1 aliphatic carbocycles. The molecule has 98 valence electrons. The van der Waals surface area contributed by atoms with Gasteiger partial charge in [0, 0.05) is 18.8 Å². The third-order valence-corrected chi connectivity index (χ3v) is 4.81. The molecule has 0 bridgehead atoms. The standard InChI is InChI=1S/C12H15ClN2O2S/c1-15(8-5-6-8)11(16)7-18(17)12-9(13)3-2-4-10(12)14/h2-4,8H,5-7,14H2,1H3. The van der Waals surface area contributed by atoms with E-state index in [9.17, 15) is 9.00 Å². The zero-order valence-electron chi connectivity index (χ0n) is 10.1. The monoisotopic (exact) mass is 286 g/mol. The Balaban J connectivity index is 2.09. The van der Waals surface area contributed by atoms with Crippen LogP contribution in [0.5, 0.6) is 0 Å². The average molecular weight is 287 g/mol. The Morgan fingerprint density at radius 2 is 2.22 bits per heavy atom. The number of benzene rings is 1. The molecule has 1 aliphatic rings. The van der Waals surface area contributed by atoms with Crippen LogP contribution in [0.3, 0.4) is 0 Å². The van der Waals surface area contributed by atoms with Gasteiger partial charge in [-0.25, -0.2) is 0 Å². The number of nitrogens with two attached hydrogens (primary N) is 1. The molecule has 1 fully saturated rings. The fourth-order valence-electron chi connectivity index (χ4n) is 1.72. The second-order valence-electron chi connectivity index (χ2n) is 4.38. The molecule has 1 saturated carbocycles. The Morgan fingerprint density at radius 1 is 1.56 bits per heavy atom. The molecular weight excluding hydrogens is 272 g/mol. The van der Waals surface area contributed by atoms with E-state index in [1.54, 1.807) is 30.1 Å². The molecule has 1 unspecified atom stereocenters. The molecule has 4 nitrogen and oxygen atoms in total. The summed E-state index contributed by atoms with van der Waals surface area (Å²) in [6.07, 6.45) is 2.06. The number of halogens is 1. The number of hydrogen-bond acceptors (Lipinski definition) is 3. The number of hydrogen-bond donors (Lipinski definition) is 1. The highest BCUT2D eigenvalue weighted by molar-refractivity contribution is 7.86. The van der Waals surface area contributed by atoms with E-state index in [4.69, 9.17) is 17.3 Å². The predicted molar refractivity (Wildman–Crippen MR) is 72.9 cm³/mol. The van der Waals surface area contributed by atoms with Crippen LogP contribution in [0.1, 0.15) is 12.8 Å². The zero-order chi connectivity index (χ0) is 13.3. The van der Waals surface area contributed by atoms with E-state index in [0.29, 0.717) is 21.6 Å². The maximum Gasteiger partial charge on any atom is 0.235 e. The van der Waals surface area contributed by atoms with Crippen LogP contribution in [-0.4, -0.2) is 33.9 Å². The van der Waals surface area contributed by atoms with Gasteiger partial charge >= 0.3 is 0 Å². The van der Waals surface area contributed by atoms with Gasteiger partial charge in [0.2, 0.25) is 5.91 Å². The summed E-state index contributed by atoms with van der Waals surface area (Å²) in [5, 5.41) is 0.343. The average Bonchev–Trinajstić information content (AvgIpc) is 3.11. The minimum Gasteiger partial charge on any atom is -0.398 e. The van der Waals surface area contributed by atoms with Crippen molar-refractivity contribution < 1.29 is 9.00 Å². The fourth-order valence-corrected chi connectivity index (χ4v) is 3.35. The normalized spacial score (nSPS) is 16.3. The Labute approximate surface area is 114 Å². The number of nitrogens with zero attached hydrogens (tertiary/aromatic N) is 1. The van der Waals surface area contributed by atoms with E-state index in [2.05, 4.69) is 0 Å². The second-order valence-corrected chi connectivity index (χ2v) is 6.18. The van der Waals surface area contributed by atoms with Gasteiger partial charge in [-0.1, -0.05) is 17.7 Å². The first-order valence-electron chi connectivity index (χ1n) is 5.68. The minimum absolute atomic E-state index is 0.0685. The first kappa shape index (κ1) is 13.4. The Hall–Kier alpha value is -1.07. The number of amides is 1. The van der Waals surface area contributed by atoms with Gasteiger partial charge in [0.15, 0.2) is 0 Å². The second kappa shape index (κ2) is 5.28. The lowest BCUT2D eigenvalue weighted by atomic mass is 10.3. The summed E-state index contributed by atoms with van der Waals surface area (Å²) in [6, 6.07) is 5.27. The Bertz CT molecular complexity index is 483. The molecule has 0 heterocycles. The van der Waals surface area contributed by atoms with Gasteiger partial charge in [-0.2, -0.15) is 0 Å². The summed E-state index contributed by atoms with van der Waals surface area (Å²) >= 11 is 5.96. The molecular formula is C12H15ClN2O2S. The van der Waals surface area contributed by atoms with E-state index < -0.39 is 10.8 Å². The zero-order valence-corrected chi connectivity index (χ0v) is 11.6. The minimum atomic E-state index is -1.49. The SMILES string of the molecule is CN(C(=O)CS(=O)c1c(N)cccc1Cl)C1CC1. The molecule has 1 aromatic rings. The van der Waals surface area contributed by atoms with Gasteiger partial charge < -0.3 is 10.6 Å². The quantitative estimate of drug-likeness (QED) is 0.856. The van der Waals surface area contributed by atoms with Gasteiger partial charge in [0.1, 0.15) is 5.75 Å². The van der Waals surface area contributed by atoms with Crippen molar-refractivity contribution in [3.8, 4) is 0 Å². The van der Waals surface area contributed by atoms with Crippen molar-refractivity contribution in [2.45, 2.75) is 23.8 Å². The number of carbonyl (C=O) groups excluding carboxylic acids is 1. The number of nitrogen functional groups attached to an aromatic ring is 1. The van der Waals surface area contributed by atoms with Gasteiger partial charge in [-0.15, -0.1) is 0 Å². The van der Waals surface area contributed by atoms with Gasteiger partial charge in [-0.3, -0.25) is 9.00 Å². The predicted octanol–water partition coefficient (Wildman–Crippen LogP) is 1.65. The number of anilines is 1. The molecule has 0 saturated heterocycles. The van der Waals surface area contributed by atoms with Crippen molar-refractivity contribution in [3.05, 3.63) is 23.2 Å². The third-order valence-electron chi connectivity index (χ3n) is 2.97. The van der Waals surface area contributed by atoms with Gasteiger partial charge in [-0.05, 0) is 25.0 Å². The first-order chi connectivity index (χ1) is 8.50. The molecule has 2 rings (SSSR count). The molecule has 0 aliphatic heterocycles. The van der Waals surface area contributed by atoms with Crippen LogP contribution in [-0.2, 0) is 15.6 Å². The van der Waals surface area contributed by atoms with E-state index >= 15 is 0 Å². The van der Waals surface area contributed by atoms with Crippen molar-refractivity contribution in [2.24, 2.45) is 0 Å². The summed E-state index contributed by atoms with van der Waals surface area (Å²) in [6.45, 7) is 0. The molecule has 1 amide bonds. The lowest BCUT2D eigenvalue weighted by molar-refractivity contribution is -0.127. The van der Waals surface area contributed by atoms with Crippen LogP contribution in [0.2, 0.25) is 5.02 Å². The number of rotatable bonds is 4. The molecule has 1 aromatic carbocycles. The van der Waals surface area contributed by atoms with Crippen LogP contribution in [0.25, 0.3) is 0 Å². The van der Waals surface area contributed by atoms with Crippen LogP contribution >= 0.6 is 11.6 Å². The molecule has 1 atom stereocenters. The largest absolute Gasteiger partial charge is 0.398 e. The summed E-state index contributed by atoms with van der Waals surface area (Å²) in [4.78, 5) is 13.9. The van der Waals surface area contributed by atoms with Crippen molar-refractivity contribution in [1.29, 1.82) is 0 Å². The highest BCUT2D eigenvalue weighted by atomic mass is 35.5. The van der Waals surface area contributed by atoms with Gasteiger partial charge in [0.25, 0.3) is 0 Å². The summed E-state index contributed by atoms with van der Waals surface area (Å²) < 4.78 is 12.1. The summed E-state index contributed by atoms with van der Waals surface area (Å²) in [7, 11) is 0.249. The van der Waals surface area contributed by atoms with Crippen LogP contribution in [0.15, 0.2) is 23.1 Å². The van der Waals surface area contributed by atoms with Crippen LogP contribution in [0, 0.1) is 0 Å². The lowest BCUT2D eigenvalue weighted by Crippen LogP contribution is -2.32. The number of carbonyl (C=O) groups is 1. The third kappa shape index (κ3) is 2.84. The van der Waals surface area contributed by atoms with E-state index in [1.165, 1.54) is 0 Å². The smallest absolute Gasteiger partial charge is 0.235 e. The fraction of sp³-hybridized carbons (Fsp3) is 0.417. The van der Waals surface area contributed by atoms with Gasteiger partial charge in [0.05, 0.1) is 20.7 Å². The maximum absolute atomic E-state index is 12.1. The van der Waals surface area contributed by atoms with Crippen molar-refractivity contribution in [3.63, 3.8) is 0 Å². The van der Waals surface area contributed by atoms with E-state index in [-0.39, 0.29) is 11.7 Å². The van der Waals surface area contributed by atoms with Crippen molar-refractivity contribution in [1.82, 2.24) is 4.90 Å². The lowest BCUT2D eigenvalue weighted by Gasteiger charge is -2.16. The van der Waals surface area contributed by atoms with Crippen LogP contribution in [0.4, 0.5) is 5.69 Å². The molecule has 6 heteroatoms. The Morgan fingerprint density at radius 3 is 2.78 bits per heavy atom. The summed E-state index contributed by atoms with van der Waals surface area (Å²) in [5.74, 6) is -0.198.